The molecule has 29 heavy (non-hydrogen) atoms. The lowest BCUT2D eigenvalue weighted by molar-refractivity contribution is 0.137. The van der Waals surface area contributed by atoms with Crippen molar-refractivity contribution >= 4 is 12.2 Å². The van der Waals surface area contributed by atoms with Gasteiger partial charge in [-0.1, -0.05) is 30.3 Å². The minimum Gasteiger partial charge on any atom is -0.489 e. The molecule has 2 aromatic carbocycles. The molecule has 8 heteroatoms. The predicted octanol–water partition coefficient (Wildman–Crippen LogP) is 3.69. The zero-order valence-corrected chi connectivity index (χ0v) is 15.5. The maximum Gasteiger partial charge on any atom is 0.417 e. The van der Waals surface area contributed by atoms with Gasteiger partial charge in [-0.2, -0.15) is 0 Å². The van der Waals surface area contributed by atoms with E-state index in [2.05, 4.69) is 4.98 Å². The minimum absolute atomic E-state index is 0.00222. The van der Waals surface area contributed by atoms with E-state index in [0.29, 0.717) is 42.3 Å². The van der Waals surface area contributed by atoms with Crippen LogP contribution in [0.4, 0.5) is 9.59 Å². The molecule has 0 saturated heterocycles. The second kappa shape index (κ2) is 7.67. The molecule has 0 unspecified atom stereocenters. The number of ether oxygens (including phenoxy) is 1. The first-order chi connectivity index (χ1) is 14.0. The second-order valence-electron chi connectivity index (χ2n) is 6.70. The highest BCUT2D eigenvalue weighted by Crippen LogP contribution is 2.28. The SMILES string of the molecule is O=C(O)N1CCc2nc(-c3ccc(OCc4ccccc4)cc3)n(C(=O)O)c2C1. The third-order valence-corrected chi connectivity index (χ3v) is 4.84. The van der Waals surface area contributed by atoms with Gasteiger partial charge in [0.2, 0.25) is 0 Å². The van der Waals surface area contributed by atoms with E-state index in [1.54, 1.807) is 24.3 Å². The number of imidazole rings is 1. The third kappa shape index (κ3) is 3.77. The number of rotatable bonds is 4. The number of carboxylic acid groups (broad SMARTS) is 2. The molecule has 0 spiro atoms. The van der Waals surface area contributed by atoms with Crippen molar-refractivity contribution in [2.45, 2.75) is 19.6 Å². The molecule has 2 heterocycles. The van der Waals surface area contributed by atoms with Crippen molar-refractivity contribution in [3.8, 4) is 17.1 Å². The quantitative estimate of drug-likeness (QED) is 0.700. The fraction of sp³-hybridized carbons (Fsp3) is 0.190. The Kier molecular flexibility index (Phi) is 4.90. The molecule has 4 rings (SSSR count). The van der Waals surface area contributed by atoms with Crippen LogP contribution < -0.4 is 4.74 Å². The highest BCUT2D eigenvalue weighted by Gasteiger charge is 2.29. The molecule has 8 nitrogen and oxygen atoms in total. The highest BCUT2D eigenvalue weighted by molar-refractivity contribution is 5.77. The lowest BCUT2D eigenvalue weighted by Gasteiger charge is -2.24. The Labute approximate surface area is 166 Å². The topological polar surface area (TPSA) is 105 Å². The van der Waals surface area contributed by atoms with E-state index in [1.807, 2.05) is 30.3 Å². The minimum atomic E-state index is -1.19. The molecule has 0 radical (unpaired) electrons. The van der Waals surface area contributed by atoms with Gasteiger partial charge in [-0.15, -0.1) is 0 Å². The molecule has 1 aromatic heterocycles. The van der Waals surface area contributed by atoms with Crippen molar-refractivity contribution in [3.05, 3.63) is 71.5 Å². The summed E-state index contributed by atoms with van der Waals surface area (Å²) in [6.45, 7) is 0.732. The summed E-state index contributed by atoms with van der Waals surface area (Å²) in [5.74, 6) is 0.942. The van der Waals surface area contributed by atoms with E-state index in [0.717, 1.165) is 10.1 Å². The average molecular weight is 393 g/mol. The number of hydrogen-bond donors (Lipinski definition) is 2. The summed E-state index contributed by atoms with van der Waals surface area (Å²) in [5, 5.41) is 18.9. The van der Waals surface area contributed by atoms with Gasteiger partial charge in [-0.25, -0.2) is 19.1 Å². The maximum atomic E-state index is 11.9. The molecule has 3 aromatic rings. The summed E-state index contributed by atoms with van der Waals surface area (Å²) in [7, 11) is 0. The van der Waals surface area contributed by atoms with Crippen LogP contribution in [0, 0.1) is 0 Å². The lowest BCUT2D eigenvalue weighted by atomic mass is 10.1. The Balaban J connectivity index is 1.58. The molecular formula is C21H19N3O5. The molecule has 2 N–H and O–H groups in total. The van der Waals surface area contributed by atoms with Gasteiger partial charge in [0.1, 0.15) is 18.2 Å². The number of carbonyl (C=O) groups is 2. The van der Waals surface area contributed by atoms with Gasteiger partial charge in [0.25, 0.3) is 0 Å². The monoisotopic (exact) mass is 393 g/mol. The van der Waals surface area contributed by atoms with Gasteiger partial charge in [0, 0.05) is 18.5 Å². The summed E-state index contributed by atoms with van der Waals surface area (Å²) >= 11 is 0. The smallest absolute Gasteiger partial charge is 0.417 e. The van der Waals surface area contributed by atoms with Gasteiger partial charge in [0.05, 0.1) is 17.9 Å². The standard InChI is InChI=1S/C21H19N3O5/c25-20(26)23-11-10-17-18(12-23)24(21(27)28)19(22-17)15-6-8-16(9-7-15)29-13-14-4-2-1-3-5-14/h1-9H,10-13H2,(H,25,26)(H,27,28). The Morgan fingerprint density at radius 3 is 2.38 bits per heavy atom. The van der Waals surface area contributed by atoms with Crippen molar-refractivity contribution < 1.29 is 24.5 Å². The van der Waals surface area contributed by atoms with Crippen LogP contribution in [-0.2, 0) is 19.6 Å². The van der Waals surface area contributed by atoms with Crippen molar-refractivity contribution in [2.24, 2.45) is 0 Å². The summed E-state index contributed by atoms with van der Waals surface area (Å²) in [5.41, 5.74) is 2.68. The highest BCUT2D eigenvalue weighted by atomic mass is 16.5. The average Bonchev–Trinajstić information content (AvgIpc) is 3.12. The number of benzene rings is 2. The van der Waals surface area contributed by atoms with Gasteiger partial charge in [-0.05, 0) is 29.8 Å². The van der Waals surface area contributed by atoms with E-state index in [1.165, 1.54) is 4.90 Å². The molecule has 0 saturated carbocycles. The van der Waals surface area contributed by atoms with E-state index in [4.69, 9.17) is 4.74 Å². The molecule has 0 bridgehead atoms. The van der Waals surface area contributed by atoms with Gasteiger partial charge < -0.3 is 19.8 Å². The van der Waals surface area contributed by atoms with Gasteiger partial charge in [0.15, 0.2) is 0 Å². The number of fused-ring (bicyclic) bond motifs is 1. The van der Waals surface area contributed by atoms with E-state index in [-0.39, 0.29) is 12.4 Å². The molecule has 0 atom stereocenters. The predicted molar refractivity (Wildman–Crippen MR) is 104 cm³/mol. The summed E-state index contributed by atoms with van der Waals surface area (Å²) in [6, 6.07) is 16.8. The first-order valence-corrected chi connectivity index (χ1v) is 9.12. The zero-order valence-electron chi connectivity index (χ0n) is 15.5. The van der Waals surface area contributed by atoms with Gasteiger partial charge >= 0.3 is 12.2 Å². The fourth-order valence-electron chi connectivity index (χ4n) is 3.37. The largest absolute Gasteiger partial charge is 0.489 e. The van der Waals surface area contributed by atoms with Crippen molar-refractivity contribution in [2.75, 3.05) is 6.54 Å². The molecule has 1 amide bonds. The molecule has 1 aliphatic heterocycles. The van der Waals surface area contributed by atoms with Crippen LogP contribution in [0.15, 0.2) is 54.6 Å². The molecular weight excluding hydrogens is 374 g/mol. The third-order valence-electron chi connectivity index (χ3n) is 4.84. The Morgan fingerprint density at radius 1 is 1.00 bits per heavy atom. The van der Waals surface area contributed by atoms with Crippen LogP contribution in [0.5, 0.6) is 5.75 Å². The first kappa shape index (κ1) is 18.5. The number of aromatic nitrogens is 2. The van der Waals surface area contributed by atoms with Gasteiger partial charge in [-0.3, -0.25) is 0 Å². The van der Waals surface area contributed by atoms with Crippen LogP contribution in [0.1, 0.15) is 17.0 Å². The van der Waals surface area contributed by atoms with Crippen LogP contribution in [0.2, 0.25) is 0 Å². The van der Waals surface area contributed by atoms with Crippen molar-refractivity contribution in [3.63, 3.8) is 0 Å². The van der Waals surface area contributed by atoms with Crippen molar-refractivity contribution in [1.82, 2.24) is 14.5 Å². The number of nitrogens with zero attached hydrogens (tertiary/aromatic N) is 3. The molecule has 1 aliphatic rings. The van der Waals surface area contributed by atoms with Crippen LogP contribution >= 0.6 is 0 Å². The lowest BCUT2D eigenvalue weighted by Crippen LogP contribution is -2.36. The fourth-order valence-corrected chi connectivity index (χ4v) is 3.37. The summed E-state index contributed by atoms with van der Waals surface area (Å²) < 4.78 is 6.84. The summed E-state index contributed by atoms with van der Waals surface area (Å²) in [4.78, 5) is 28.8. The van der Waals surface area contributed by atoms with Crippen LogP contribution in [0.3, 0.4) is 0 Å². The molecule has 0 aliphatic carbocycles. The molecule has 0 fully saturated rings. The second-order valence-corrected chi connectivity index (χ2v) is 6.70. The first-order valence-electron chi connectivity index (χ1n) is 9.12. The Hall–Kier alpha value is -3.81. The zero-order chi connectivity index (χ0) is 20.4. The van der Waals surface area contributed by atoms with Crippen LogP contribution in [-0.4, -0.2) is 43.4 Å². The van der Waals surface area contributed by atoms with E-state index < -0.39 is 12.2 Å². The Morgan fingerprint density at radius 2 is 1.72 bits per heavy atom. The molecule has 148 valence electrons. The number of hydrogen-bond acceptors (Lipinski definition) is 4. The van der Waals surface area contributed by atoms with Crippen molar-refractivity contribution in [1.29, 1.82) is 0 Å². The number of amides is 1. The van der Waals surface area contributed by atoms with E-state index in [9.17, 15) is 19.8 Å². The van der Waals surface area contributed by atoms with E-state index >= 15 is 0 Å². The van der Waals surface area contributed by atoms with Crippen LogP contribution in [0.25, 0.3) is 11.4 Å². The maximum absolute atomic E-state index is 11.9. The normalized spacial score (nSPS) is 13.0. The Bertz CT molecular complexity index is 1040. The summed E-state index contributed by atoms with van der Waals surface area (Å²) in [6.07, 6.45) is -1.88.